The van der Waals surface area contributed by atoms with Gasteiger partial charge in [-0.2, -0.15) is 10.1 Å². The number of aromatic nitrogens is 3. The molecule has 0 unspecified atom stereocenters. The molecule has 1 aromatic heterocycles. The van der Waals surface area contributed by atoms with Crippen molar-refractivity contribution in [2.75, 3.05) is 23.8 Å². The van der Waals surface area contributed by atoms with Crippen molar-refractivity contribution >= 4 is 23.4 Å². The SMILES string of the molecule is CCOC(=O)c1ccccc1Nc1nncc(NCCC2=CCCCC2)n1. The number of esters is 1. The fourth-order valence-electron chi connectivity index (χ4n) is 3.02. The summed E-state index contributed by atoms with van der Waals surface area (Å²) in [5, 5.41) is 14.3. The highest BCUT2D eigenvalue weighted by molar-refractivity contribution is 5.96. The first-order valence-electron chi connectivity index (χ1n) is 9.41. The molecule has 1 aliphatic carbocycles. The number of hydrogen-bond acceptors (Lipinski definition) is 7. The quantitative estimate of drug-likeness (QED) is 0.536. The van der Waals surface area contributed by atoms with Crippen molar-refractivity contribution in [2.45, 2.75) is 39.0 Å². The topological polar surface area (TPSA) is 89.0 Å². The van der Waals surface area contributed by atoms with Crippen LogP contribution < -0.4 is 10.6 Å². The van der Waals surface area contributed by atoms with Crippen LogP contribution in [-0.2, 0) is 4.74 Å². The molecule has 0 saturated carbocycles. The number of carbonyl (C=O) groups is 1. The Morgan fingerprint density at radius 3 is 2.96 bits per heavy atom. The standard InChI is InChI=1S/C20H25N5O2/c1-2-27-19(26)16-10-6-7-11-17(16)23-20-24-18(14-22-25-20)21-13-12-15-8-4-3-5-9-15/h6-8,10-11,14H,2-5,9,12-13H2,1H3,(H2,21,23,24,25). The second-order valence-corrected chi connectivity index (χ2v) is 6.34. The number of rotatable bonds is 8. The first-order chi connectivity index (χ1) is 13.3. The molecule has 1 aliphatic rings. The second-order valence-electron chi connectivity index (χ2n) is 6.34. The van der Waals surface area contributed by atoms with Crippen molar-refractivity contribution in [1.29, 1.82) is 0 Å². The van der Waals surface area contributed by atoms with E-state index in [0.717, 1.165) is 13.0 Å². The summed E-state index contributed by atoms with van der Waals surface area (Å²) in [4.78, 5) is 16.5. The molecule has 0 spiro atoms. The lowest BCUT2D eigenvalue weighted by atomic mass is 9.97. The van der Waals surface area contributed by atoms with Crippen molar-refractivity contribution in [3.05, 3.63) is 47.7 Å². The number of para-hydroxylation sites is 1. The fraction of sp³-hybridized carbons (Fsp3) is 0.400. The van der Waals surface area contributed by atoms with E-state index in [1.165, 1.54) is 31.3 Å². The number of carbonyl (C=O) groups excluding carboxylic acids is 1. The zero-order valence-corrected chi connectivity index (χ0v) is 15.6. The third-order valence-electron chi connectivity index (χ3n) is 4.36. The first kappa shape index (κ1) is 18.8. The zero-order valence-electron chi connectivity index (χ0n) is 15.6. The molecule has 0 atom stereocenters. The van der Waals surface area contributed by atoms with Gasteiger partial charge in [0.1, 0.15) is 0 Å². The van der Waals surface area contributed by atoms with Gasteiger partial charge in [-0.25, -0.2) is 4.79 Å². The maximum atomic E-state index is 12.1. The molecular weight excluding hydrogens is 342 g/mol. The number of ether oxygens (including phenoxy) is 1. The van der Waals surface area contributed by atoms with Crippen LogP contribution in [0.4, 0.5) is 17.5 Å². The van der Waals surface area contributed by atoms with Crippen molar-refractivity contribution in [2.24, 2.45) is 0 Å². The molecule has 0 saturated heterocycles. The predicted octanol–water partition coefficient (Wildman–Crippen LogP) is 4.09. The maximum absolute atomic E-state index is 12.1. The highest BCUT2D eigenvalue weighted by Gasteiger charge is 2.13. The van der Waals surface area contributed by atoms with E-state index in [2.05, 4.69) is 31.9 Å². The summed E-state index contributed by atoms with van der Waals surface area (Å²) in [5.74, 6) is 0.592. The summed E-state index contributed by atoms with van der Waals surface area (Å²) in [5.41, 5.74) is 2.53. The molecule has 27 heavy (non-hydrogen) atoms. The number of anilines is 3. The number of allylic oxidation sites excluding steroid dienone is 1. The van der Waals surface area contributed by atoms with Crippen LogP contribution in [0.3, 0.4) is 0 Å². The average molecular weight is 367 g/mol. The van der Waals surface area contributed by atoms with E-state index in [4.69, 9.17) is 4.74 Å². The van der Waals surface area contributed by atoms with Gasteiger partial charge in [0.2, 0.25) is 5.95 Å². The zero-order chi connectivity index (χ0) is 18.9. The Bertz CT molecular complexity index is 806. The van der Waals surface area contributed by atoms with Crippen LogP contribution in [0.1, 0.15) is 49.4 Å². The first-order valence-corrected chi connectivity index (χ1v) is 9.41. The van der Waals surface area contributed by atoms with Crippen LogP contribution in [0.2, 0.25) is 0 Å². The van der Waals surface area contributed by atoms with Gasteiger partial charge in [0.15, 0.2) is 5.82 Å². The summed E-state index contributed by atoms with van der Waals surface area (Å²) in [7, 11) is 0. The monoisotopic (exact) mass is 367 g/mol. The van der Waals surface area contributed by atoms with Gasteiger partial charge in [-0.15, -0.1) is 5.10 Å². The van der Waals surface area contributed by atoms with Gasteiger partial charge in [-0.3, -0.25) is 0 Å². The molecule has 0 bridgehead atoms. The normalized spacial score (nSPS) is 13.6. The Labute approximate surface area is 159 Å². The Morgan fingerprint density at radius 2 is 2.15 bits per heavy atom. The van der Waals surface area contributed by atoms with Crippen LogP contribution >= 0.6 is 0 Å². The molecule has 0 amide bonds. The maximum Gasteiger partial charge on any atom is 0.340 e. The Kier molecular flexibility index (Phi) is 6.73. The Morgan fingerprint density at radius 1 is 1.26 bits per heavy atom. The molecule has 0 radical (unpaired) electrons. The minimum absolute atomic E-state index is 0.320. The van der Waals surface area contributed by atoms with E-state index < -0.39 is 0 Å². The van der Waals surface area contributed by atoms with Crippen molar-refractivity contribution in [1.82, 2.24) is 15.2 Å². The van der Waals surface area contributed by atoms with Crippen LogP contribution in [0, 0.1) is 0 Å². The molecule has 142 valence electrons. The van der Waals surface area contributed by atoms with E-state index >= 15 is 0 Å². The van der Waals surface area contributed by atoms with E-state index in [0.29, 0.717) is 29.6 Å². The van der Waals surface area contributed by atoms with Gasteiger partial charge in [-0.05, 0) is 51.2 Å². The third kappa shape index (κ3) is 5.51. The lowest BCUT2D eigenvalue weighted by Crippen LogP contribution is -2.10. The summed E-state index contributed by atoms with van der Waals surface area (Å²) in [6, 6.07) is 7.10. The van der Waals surface area contributed by atoms with Gasteiger partial charge in [0, 0.05) is 6.54 Å². The van der Waals surface area contributed by atoms with Gasteiger partial charge < -0.3 is 15.4 Å². The summed E-state index contributed by atoms with van der Waals surface area (Å²) >= 11 is 0. The van der Waals surface area contributed by atoms with Gasteiger partial charge in [-0.1, -0.05) is 23.8 Å². The van der Waals surface area contributed by atoms with Gasteiger partial charge in [0.05, 0.1) is 24.1 Å². The van der Waals surface area contributed by atoms with E-state index in [-0.39, 0.29) is 5.97 Å². The molecular formula is C20H25N5O2. The minimum Gasteiger partial charge on any atom is -0.462 e. The number of nitrogens with one attached hydrogen (secondary N) is 2. The molecule has 1 heterocycles. The summed E-state index contributed by atoms with van der Waals surface area (Å²) in [6.07, 6.45) is 9.93. The summed E-state index contributed by atoms with van der Waals surface area (Å²) < 4.78 is 5.09. The third-order valence-corrected chi connectivity index (χ3v) is 4.36. The fourth-order valence-corrected chi connectivity index (χ4v) is 3.02. The lowest BCUT2D eigenvalue weighted by molar-refractivity contribution is 0.0527. The van der Waals surface area contributed by atoms with Crippen molar-refractivity contribution < 1.29 is 9.53 Å². The highest BCUT2D eigenvalue weighted by Crippen LogP contribution is 2.21. The summed E-state index contributed by atoms with van der Waals surface area (Å²) in [6.45, 7) is 2.91. The van der Waals surface area contributed by atoms with Crippen molar-refractivity contribution in [3.63, 3.8) is 0 Å². The molecule has 2 N–H and O–H groups in total. The molecule has 2 aromatic rings. The number of nitrogens with zero attached hydrogens (tertiary/aromatic N) is 3. The molecule has 1 aromatic carbocycles. The van der Waals surface area contributed by atoms with Crippen molar-refractivity contribution in [3.8, 4) is 0 Å². The predicted molar refractivity (Wildman–Crippen MR) is 105 cm³/mol. The van der Waals surface area contributed by atoms with E-state index in [9.17, 15) is 4.79 Å². The van der Waals surface area contributed by atoms with E-state index in [1.54, 1.807) is 31.3 Å². The molecule has 3 rings (SSSR count). The van der Waals surface area contributed by atoms with Gasteiger partial charge in [0.25, 0.3) is 0 Å². The van der Waals surface area contributed by atoms with Gasteiger partial charge >= 0.3 is 5.97 Å². The Hall–Kier alpha value is -2.96. The molecule has 0 aliphatic heterocycles. The van der Waals surface area contributed by atoms with Crippen LogP contribution in [0.15, 0.2) is 42.1 Å². The van der Waals surface area contributed by atoms with Crippen LogP contribution in [-0.4, -0.2) is 34.3 Å². The molecule has 7 heteroatoms. The largest absolute Gasteiger partial charge is 0.462 e. The Balaban J connectivity index is 1.62. The van der Waals surface area contributed by atoms with E-state index in [1.807, 2.05) is 6.07 Å². The molecule has 7 nitrogen and oxygen atoms in total. The average Bonchev–Trinajstić information content (AvgIpc) is 2.70. The lowest BCUT2D eigenvalue weighted by Gasteiger charge is -2.13. The molecule has 0 fully saturated rings. The minimum atomic E-state index is -0.386. The number of hydrogen-bond donors (Lipinski definition) is 2. The van der Waals surface area contributed by atoms with Crippen LogP contribution in [0.25, 0.3) is 0 Å². The highest BCUT2D eigenvalue weighted by atomic mass is 16.5. The number of benzene rings is 1. The second kappa shape index (κ2) is 9.66. The van der Waals surface area contributed by atoms with Crippen LogP contribution in [0.5, 0.6) is 0 Å². The smallest absolute Gasteiger partial charge is 0.340 e.